The fourth-order valence-electron chi connectivity index (χ4n) is 3.67. The first-order valence-electron chi connectivity index (χ1n) is 10.2. The van der Waals surface area contributed by atoms with E-state index in [-0.39, 0.29) is 22.4 Å². The van der Waals surface area contributed by atoms with Crippen LogP contribution in [0.25, 0.3) is 0 Å². The van der Waals surface area contributed by atoms with Gasteiger partial charge in [-0.05, 0) is 37.8 Å². The molecular weight excluding hydrogens is 424 g/mol. The zero-order valence-electron chi connectivity index (χ0n) is 16.9. The molecule has 8 heteroatoms. The lowest BCUT2D eigenvalue weighted by atomic mass is 9.98. The molecule has 0 saturated carbocycles. The fraction of sp³-hybridized carbons (Fsp3) is 0.391. The number of aryl methyl sites for hydroxylation is 1. The second-order valence-corrected chi connectivity index (χ2v) is 8.71. The Morgan fingerprint density at radius 1 is 1.26 bits per heavy atom. The third-order valence-corrected chi connectivity index (χ3v) is 6.48. The number of alkyl halides is 2. The minimum absolute atomic E-state index is 0.0392. The SMILES string of the molecule is O=C(O)c1ccc(CCCN2C(=O)CCC[C@@H]2/C=C/[C@@H](O)C(F)(F)c2ccccc2)s1. The van der Waals surface area contributed by atoms with Gasteiger partial charge in [-0.15, -0.1) is 11.3 Å². The van der Waals surface area contributed by atoms with E-state index in [2.05, 4.69) is 0 Å². The van der Waals surface area contributed by atoms with Crippen LogP contribution < -0.4 is 0 Å². The number of hydrogen-bond donors (Lipinski definition) is 2. The number of thiophene rings is 1. The van der Waals surface area contributed by atoms with Crippen molar-refractivity contribution < 1.29 is 28.6 Å². The van der Waals surface area contributed by atoms with E-state index >= 15 is 0 Å². The van der Waals surface area contributed by atoms with Gasteiger partial charge in [0.2, 0.25) is 5.91 Å². The molecule has 1 aromatic carbocycles. The van der Waals surface area contributed by atoms with E-state index in [0.717, 1.165) is 11.0 Å². The Morgan fingerprint density at radius 2 is 2.00 bits per heavy atom. The summed E-state index contributed by atoms with van der Waals surface area (Å²) in [7, 11) is 0. The number of aromatic carboxylic acids is 1. The van der Waals surface area contributed by atoms with Gasteiger partial charge < -0.3 is 15.1 Å². The van der Waals surface area contributed by atoms with Crippen molar-refractivity contribution in [2.75, 3.05) is 6.54 Å². The number of carboxylic acid groups (broad SMARTS) is 1. The minimum Gasteiger partial charge on any atom is -0.477 e. The van der Waals surface area contributed by atoms with Crippen LogP contribution in [-0.2, 0) is 17.1 Å². The fourth-order valence-corrected chi connectivity index (χ4v) is 4.56. The number of carbonyl (C=O) groups is 2. The molecular formula is C23H25F2NO4S. The summed E-state index contributed by atoms with van der Waals surface area (Å²) in [4.78, 5) is 26.3. The van der Waals surface area contributed by atoms with Gasteiger partial charge in [0.15, 0.2) is 0 Å². The summed E-state index contributed by atoms with van der Waals surface area (Å²) in [5.74, 6) is -4.43. The van der Waals surface area contributed by atoms with Crippen LogP contribution in [0.4, 0.5) is 8.78 Å². The van der Waals surface area contributed by atoms with Crippen LogP contribution in [0.15, 0.2) is 54.6 Å². The van der Waals surface area contributed by atoms with E-state index in [1.54, 1.807) is 23.1 Å². The molecule has 0 unspecified atom stereocenters. The van der Waals surface area contributed by atoms with Gasteiger partial charge in [-0.25, -0.2) is 4.79 Å². The van der Waals surface area contributed by atoms with Crippen molar-refractivity contribution in [2.24, 2.45) is 0 Å². The van der Waals surface area contributed by atoms with E-state index in [4.69, 9.17) is 5.11 Å². The highest BCUT2D eigenvalue weighted by Gasteiger charge is 2.39. The summed E-state index contributed by atoms with van der Waals surface area (Å²) < 4.78 is 29.0. The average Bonchev–Trinajstić information content (AvgIpc) is 3.23. The molecule has 2 heterocycles. The predicted octanol–water partition coefficient (Wildman–Crippen LogP) is 4.47. The van der Waals surface area contributed by atoms with Gasteiger partial charge >= 0.3 is 11.9 Å². The van der Waals surface area contributed by atoms with Crippen LogP contribution in [0, 0.1) is 0 Å². The van der Waals surface area contributed by atoms with Crippen LogP contribution in [0.1, 0.15) is 45.8 Å². The molecule has 1 fully saturated rings. The molecule has 0 bridgehead atoms. The highest BCUT2D eigenvalue weighted by atomic mass is 32.1. The largest absolute Gasteiger partial charge is 0.477 e. The zero-order chi connectivity index (χ0) is 22.4. The second-order valence-electron chi connectivity index (χ2n) is 7.54. The Kier molecular flexibility index (Phi) is 7.56. The molecule has 2 aromatic rings. The molecule has 1 aliphatic heterocycles. The molecule has 0 radical (unpaired) electrons. The third-order valence-electron chi connectivity index (χ3n) is 5.35. The lowest BCUT2D eigenvalue weighted by molar-refractivity contribution is -0.135. The zero-order valence-corrected chi connectivity index (χ0v) is 17.7. The van der Waals surface area contributed by atoms with E-state index in [0.29, 0.717) is 38.6 Å². The second kappa shape index (κ2) is 10.2. The van der Waals surface area contributed by atoms with E-state index < -0.39 is 18.0 Å². The minimum atomic E-state index is -3.43. The number of aliphatic hydroxyl groups is 1. The Balaban J connectivity index is 1.61. The molecule has 2 N–H and O–H groups in total. The first-order valence-corrected chi connectivity index (χ1v) is 11.0. The highest BCUT2D eigenvalue weighted by Crippen LogP contribution is 2.32. The summed E-state index contributed by atoms with van der Waals surface area (Å²) in [6, 6.07) is 10.1. The van der Waals surface area contributed by atoms with Crippen molar-refractivity contribution in [2.45, 2.75) is 50.2 Å². The molecule has 5 nitrogen and oxygen atoms in total. The number of hydrogen-bond acceptors (Lipinski definition) is 4. The Bertz CT molecular complexity index is 929. The predicted molar refractivity (Wildman–Crippen MR) is 114 cm³/mol. The van der Waals surface area contributed by atoms with Crippen LogP contribution in [-0.4, -0.2) is 45.7 Å². The number of likely N-dealkylation sites (tertiary alicyclic amines) is 1. The van der Waals surface area contributed by atoms with Crippen molar-refractivity contribution in [1.29, 1.82) is 0 Å². The monoisotopic (exact) mass is 449 g/mol. The molecule has 1 saturated heterocycles. The Morgan fingerprint density at radius 3 is 2.68 bits per heavy atom. The summed E-state index contributed by atoms with van der Waals surface area (Å²) in [5.41, 5.74) is -0.264. The topological polar surface area (TPSA) is 77.8 Å². The van der Waals surface area contributed by atoms with Crippen molar-refractivity contribution in [3.63, 3.8) is 0 Å². The van der Waals surface area contributed by atoms with Crippen molar-refractivity contribution in [3.8, 4) is 0 Å². The van der Waals surface area contributed by atoms with Crippen LogP contribution in [0.5, 0.6) is 0 Å². The Hall–Kier alpha value is -2.58. The van der Waals surface area contributed by atoms with Crippen LogP contribution in [0.2, 0.25) is 0 Å². The first kappa shape index (κ1) is 23.1. The first-order chi connectivity index (χ1) is 14.8. The number of benzene rings is 1. The number of halogens is 2. The van der Waals surface area contributed by atoms with Crippen molar-refractivity contribution in [3.05, 3.63) is 69.9 Å². The standard InChI is InChI=1S/C23H25F2NO4S/c24-23(25,16-6-2-1-3-7-16)20(27)14-11-17-8-4-10-21(28)26(17)15-5-9-18-12-13-19(31-18)22(29)30/h1-3,6-7,11-14,17,20,27H,4-5,8-10,15H2,(H,29,30)/b14-11+/t17-,20-/m1/s1. The van der Waals surface area contributed by atoms with Gasteiger partial charge in [0.25, 0.3) is 0 Å². The third kappa shape index (κ3) is 5.77. The summed E-state index contributed by atoms with van der Waals surface area (Å²) in [6.07, 6.45) is 3.60. The van der Waals surface area contributed by atoms with Crippen LogP contribution >= 0.6 is 11.3 Å². The number of carbonyl (C=O) groups excluding carboxylic acids is 1. The molecule has 166 valence electrons. The summed E-state index contributed by atoms with van der Waals surface area (Å²) >= 11 is 1.21. The lowest BCUT2D eigenvalue weighted by Gasteiger charge is -2.34. The quantitative estimate of drug-likeness (QED) is 0.554. The lowest BCUT2D eigenvalue weighted by Crippen LogP contribution is -2.43. The number of amides is 1. The van der Waals surface area contributed by atoms with Gasteiger partial charge in [-0.1, -0.05) is 42.5 Å². The maximum atomic E-state index is 14.5. The average molecular weight is 450 g/mol. The Labute approximate surface area is 183 Å². The molecule has 3 rings (SSSR count). The van der Waals surface area contributed by atoms with Crippen molar-refractivity contribution in [1.82, 2.24) is 4.90 Å². The van der Waals surface area contributed by atoms with Crippen LogP contribution in [0.3, 0.4) is 0 Å². The number of piperidine rings is 1. The van der Waals surface area contributed by atoms with Crippen molar-refractivity contribution >= 4 is 23.2 Å². The highest BCUT2D eigenvalue weighted by molar-refractivity contribution is 7.13. The number of aliphatic hydroxyl groups excluding tert-OH is 1. The van der Waals surface area contributed by atoms with E-state index in [1.165, 1.54) is 41.7 Å². The van der Waals surface area contributed by atoms with E-state index in [1.807, 2.05) is 0 Å². The van der Waals surface area contributed by atoms with Gasteiger partial charge in [0.1, 0.15) is 11.0 Å². The number of nitrogens with zero attached hydrogens (tertiary/aromatic N) is 1. The summed E-state index contributed by atoms with van der Waals surface area (Å²) in [6.45, 7) is 0.444. The van der Waals surface area contributed by atoms with Gasteiger partial charge in [-0.3, -0.25) is 4.79 Å². The normalized spacial score (nSPS) is 18.5. The smallest absolute Gasteiger partial charge is 0.345 e. The molecule has 0 spiro atoms. The molecule has 0 aliphatic carbocycles. The molecule has 31 heavy (non-hydrogen) atoms. The maximum Gasteiger partial charge on any atom is 0.345 e. The molecule has 2 atom stereocenters. The molecule has 1 aliphatic rings. The van der Waals surface area contributed by atoms with Gasteiger partial charge in [0, 0.05) is 23.4 Å². The number of rotatable bonds is 9. The summed E-state index contributed by atoms with van der Waals surface area (Å²) in [5, 5.41) is 19.1. The molecule has 1 aromatic heterocycles. The van der Waals surface area contributed by atoms with Gasteiger partial charge in [0.05, 0.1) is 6.04 Å². The number of carboxylic acids is 1. The van der Waals surface area contributed by atoms with Gasteiger partial charge in [-0.2, -0.15) is 8.78 Å². The van der Waals surface area contributed by atoms with E-state index in [9.17, 15) is 23.5 Å². The maximum absolute atomic E-state index is 14.5. The molecule has 1 amide bonds.